The number of benzene rings is 1. The van der Waals surface area contributed by atoms with Crippen LogP contribution >= 0.6 is 0 Å². The lowest BCUT2D eigenvalue weighted by Gasteiger charge is -2.19. The quantitative estimate of drug-likeness (QED) is 0.829. The van der Waals surface area contributed by atoms with E-state index in [2.05, 4.69) is 15.4 Å². The van der Waals surface area contributed by atoms with Gasteiger partial charge in [-0.1, -0.05) is 0 Å². The summed E-state index contributed by atoms with van der Waals surface area (Å²) in [5.41, 5.74) is 0.264. The Morgan fingerprint density at radius 2 is 1.68 bits per heavy atom. The van der Waals surface area contributed by atoms with Crippen LogP contribution in [0.4, 0.5) is 10.5 Å². The third kappa shape index (κ3) is 6.25. The lowest BCUT2D eigenvalue weighted by molar-refractivity contribution is -0.115. The first-order chi connectivity index (χ1) is 10.2. The van der Waals surface area contributed by atoms with Crippen LogP contribution in [0.1, 0.15) is 31.1 Å². The van der Waals surface area contributed by atoms with Gasteiger partial charge in [0.25, 0.3) is 0 Å². The van der Waals surface area contributed by atoms with Crippen molar-refractivity contribution in [2.75, 3.05) is 19.0 Å². The van der Waals surface area contributed by atoms with E-state index in [4.69, 9.17) is 4.74 Å². The van der Waals surface area contributed by atoms with E-state index < -0.39 is 23.6 Å². The summed E-state index contributed by atoms with van der Waals surface area (Å²) in [7, 11) is 1.29. The minimum atomic E-state index is -0.663. The molecule has 1 aromatic rings. The summed E-state index contributed by atoms with van der Waals surface area (Å²) in [6, 6.07) is 6.20. The predicted octanol–water partition coefficient (Wildman–Crippen LogP) is 1.94. The zero-order chi connectivity index (χ0) is 16.8. The van der Waals surface area contributed by atoms with Crippen LogP contribution in [0.25, 0.3) is 0 Å². The van der Waals surface area contributed by atoms with E-state index in [1.807, 2.05) is 0 Å². The summed E-state index contributed by atoms with van der Waals surface area (Å²) in [6.45, 7) is 4.98. The van der Waals surface area contributed by atoms with Crippen LogP contribution in [0.3, 0.4) is 0 Å². The number of methoxy groups -OCH3 is 1. The van der Waals surface area contributed by atoms with Crippen LogP contribution in [0.5, 0.6) is 0 Å². The molecule has 0 radical (unpaired) electrons. The molecule has 7 nitrogen and oxygen atoms in total. The van der Waals surface area contributed by atoms with Gasteiger partial charge >= 0.3 is 12.1 Å². The van der Waals surface area contributed by atoms with E-state index >= 15 is 0 Å². The average molecular weight is 308 g/mol. The molecule has 0 saturated carbocycles. The second kappa shape index (κ2) is 7.44. The Morgan fingerprint density at radius 3 is 2.18 bits per heavy atom. The molecule has 1 aromatic carbocycles. The zero-order valence-electron chi connectivity index (χ0n) is 13.1. The van der Waals surface area contributed by atoms with Gasteiger partial charge in [-0.2, -0.15) is 0 Å². The van der Waals surface area contributed by atoms with Gasteiger partial charge in [0.15, 0.2) is 0 Å². The molecule has 0 aromatic heterocycles. The fourth-order valence-corrected chi connectivity index (χ4v) is 1.48. The Bertz CT molecular complexity index is 546. The molecule has 0 atom stereocenters. The van der Waals surface area contributed by atoms with Gasteiger partial charge in [0, 0.05) is 5.69 Å². The Hall–Kier alpha value is -2.57. The van der Waals surface area contributed by atoms with Crippen LogP contribution in [0.2, 0.25) is 0 Å². The molecule has 0 heterocycles. The number of anilines is 1. The van der Waals surface area contributed by atoms with Crippen molar-refractivity contribution in [1.82, 2.24) is 5.32 Å². The highest BCUT2D eigenvalue weighted by atomic mass is 16.6. The summed E-state index contributed by atoms with van der Waals surface area (Å²) < 4.78 is 9.59. The number of hydrogen-bond acceptors (Lipinski definition) is 5. The highest BCUT2D eigenvalue weighted by Gasteiger charge is 2.16. The van der Waals surface area contributed by atoms with Crippen molar-refractivity contribution in [3.05, 3.63) is 29.8 Å². The van der Waals surface area contributed by atoms with Crippen molar-refractivity contribution in [3.8, 4) is 0 Å². The minimum absolute atomic E-state index is 0.215. The van der Waals surface area contributed by atoms with Crippen molar-refractivity contribution in [2.24, 2.45) is 0 Å². The maximum absolute atomic E-state index is 11.7. The molecule has 120 valence electrons. The van der Waals surface area contributed by atoms with Gasteiger partial charge in [-0.25, -0.2) is 9.59 Å². The number of carbonyl (C=O) groups excluding carboxylic acids is 3. The second-order valence-corrected chi connectivity index (χ2v) is 5.47. The molecule has 7 heteroatoms. The summed E-state index contributed by atoms with van der Waals surface area (Å²) >= 11 is 0. The number of ether oxygens (including phenoxy) is 2. The van der Waals surface area contributed by atoms with Crippen LogP contribution < -0.4 is 10.6 Å². The Kier molecular flexibility index (Phi) is 5.91. The maximum atomic E-state index is 11.7. The van der Waals surface area contributed by atoms with E-state index in [9.17, 15) is 14.4 Å². The molecule has 0 aliphatic rings. The lowest BCUT2D eigenvalue weighted by Crippen LogP contribution is -2.37. The first-order valence-electron chi connectivity index (χ1n) is 6.66. The highest BCUT2D eigenvalue weighted by molar-refractivity contribution is 5.95. The maximum Gasteiger partial charge on any atom is 0.408 e. The van der Waals surface area contributed by atoms with Gasteiger partial charge in [0.05, 0.1) is 12.7 Å². The van der Waals surface area contributed by atoms with Gasteiger partial charge in [-0.15, -0.1) is 0 Å². The number of esters is 1. The molecule has 22 heavy (non-hydrogen) atoms. The van der Waals surface area contributed by atoms with Gasteiger partial charge in [0.1, 0.15) is 12.1 Å². The van der Waals surface area contributed by atoms with Gasteiger partial charge in [-0.3, -0.25) is 4.79 Å². The van der Waals surface area contributed by atoms with Crippen LogP contribution in [0, 0.1) is 0 Å². The molecule has 0 aliphatic heterocycles. The largest absolute Gasteiger partial charge is 0.465 e. The number of nitrogens with one attached hydrogen (secondary N) is 2. The molecule has 0 aliphatic carbocycles. The molecule has 0 bridgehead atoms. The minimum Gasteiger partial charge on any atom is -0.465 e. The molecular weight excluding hydrogens is 288 g/mol. The lowest BCUT2D eigenvalue weighted by atomic mass is 10.2. The first kappa shape index (κ1) is 17.5. The summed E-state index contributed by atoms with van der Waals surface area (Å²) in [6.07, 6.45) is -0.663. The predicted molar refractivity (Wildman–Crippen MR) is 80.6 cm³/mol. The Morgan fingerprint density at radius 1 is 1.09 bits per heavy atom. The van der Waals surface area contributed by atoms with E-state index in [0.717, 1.165) is 0 Å². The SMILES string of the molecule is COC(=O)c1ccc(NC(=O)CNC(=O)OC(C)(C)C)cc1. The second-order valence-electron chi connectivity index (χ2n) is 5.47. The van der Waals surface area contributed by atoms with E-state index in [1.54, 1.807) is 32.9 Å². The molecule has 2 amide bonds. The Balaban J connectivity index is 2.45. The van der Waals surface area contributed by atoms with Crippen LogP contribution in [-0.2, 0) is 14.3 Å². The van der Waals surface area contributed by atoms with Crippen LogP contribution in [-0.4, -0.2) is 37.2 Å². The van der Waals surface area contributed by atoms with Gasteiger partial charge in [0.2, 0.25) is 5.91 Å². The standard InChI is InChI=1S/C15H20N2O5/c1-15(2,3)22-14(20)16-9-12(18)17-11-7-5-10(6-8-11)13(19)21-4/h5-8H,9H2,1-4H3,(H,16,20)(H,17,18). The molecular formula is C15H20N2O5. The molecule has 1 rings (SSSR count). The molecule has 0 spiro atoms. The number of hydrogen-bond donors (Lipinski definition) is 2. The fraction of sp³-hybridized carbons (Fsp3) is 0.400. The number of carbonyl (C=O) groups is 3. The molecule has 2 N–H and O–H groups in total. The smallest absolute Gasteiger partial charge is 0.408 e. The topological polar surface area (TPSA) is 93.7 Å². The number of alkyl carbamates (subject to hydrolysis) is 1. The summed E-state index contributed by atoms with van der Waals surface area (Å²) in [5, 5.41) is 4.93. The number of amides is 2. The normalized spacial score (nSPS) is 10.5. The van der Waals surface area contributed by atoms with Gasteiger partial charge in [-0.05, 0) is 45.0 Å². The van der Waals surface area contributed by atoms with Crippen molar-refractivity contribution in [2.45, 2.75) is 26.4 Å². The van der Waals surface area contributed by atoms with Crippen molar-refractivity contribution in [3.63, 3.8) is 0 Å². The number of rotatable bonds is 4. The summed E-state index contributed by atoms with van der Waals surface area (Å²) in [5.74, 6) is -0.860. The third-order valence-corrected chi connectivity index (χ3v) is 2.38. The molecule has 0 saturated heterocycles. The first-order valence-corrected chi connectivity index (χ1v) is 6.66. The highest BCUT2D eigenvalue weighted by Crippen LogP contribution is 2.10. The van der Waals surface area contributed by atoms with E-state index in [1.165, 1.54) is 19.2 Å². The van der Waals surface area contributed by atoms with E-state index in [0.29, 0.717) is 11.3 Å². The monoisotopic (exact) mass is 308 g/mol. The summed E-state index contributed by atoms with van der Waals surface area (Å²) in [4.78, 5) is 34.4. The third-order valence-electron chi connectivity index (χ3n) is 2.38. The van der Waals surface area contributed by atoms with Crippen LogP contribution in [0.15, 0.2) is 24.3 Å². The van der Waals surface area contributed by atoms with Crippen molar-refractivity contribution < 1.29 is 23.9 Å². The van der Waals surface area contributed by atoms with Crippen molar-refractivity contribution in [1.29, 1.82) is 0 Å². The Labute approximate surface area is 129 Å². The zero-order valence-corrected chi connectivity index (χ0v) is 13.1. The van der Waals surface area contributed by atoms with Crippen molar-refractivity contribution >= 4 is 23.7 Å². The molecule has 0 fully saturated rings. The average Bonchev–Trinajstić information content (AvgIpc) is 2.43. The fourth-order valence-electron chi connectivity index (χ4n) is 1.48. The molecule has 0 unspecified atom stereocenters. The van der Waals surface area contributed by atoms with Gasteiger partial charge < -0.3 is 20.1 Å². The van der Waals surface area contributed by atoms with E-state index in [-0.39, 0.29) is 6.54 Å².